The molecular formula is C9H6F5NO3. The Bertz CT molecular complexity index is 446. The van der Waals surface area contributed by atoms with Crippen molar-refractivity contribution in [3.8, 4) is 11.5 Å². The first-order valence-corrected chi connectivity index (χ1v) is 4.33. The zero-order valence-electron chi connectivity index (χ0n) is 8.50. The zero-order chi connectivity index (χ0) is 13.9. The fourth-order valence-corrected chi connectivity index (χ4v) is 1.09. The average Bonchev–Trinajstić information content (AvgIpc) is 2.17. The Balaban J connectivity index is 3.09. The molecule has 0 saturated carbocycles. The van der Waals surface area contributed by atoms with Gasteiger partial charge in [-0.3, -0.25) is 4.79 Å². The molecule has 1 amide bonds. The summed E-state index contributed by atoms with van der Waals surface area (Å²) in [5.74, 6) is -2.67. The molecule has 1 aromatic carbocycles. The lowest BCUT2D eigenvalue weighted by atomic mass is 10.2. The highest BCUT2D eigenvalue weighted by atomic mass is 19.4. The van der Waals surface area contributed by atoms with Gasteiger partial charge in [0.1, 0.15) is 11.5 Å². The number of benzene rings is 1. The van der Waals surface area contributed by atoms with Gasteiger partial charge in [0.15, 0.2) is 0 Å². The molecule has 1 rings (SSSR count). The van der Waals surface area contributed by atoms with Crippen LogP contribution >= 0.6 is 0 Å². The molecule has 18 heavy (non-hydrogen) atoms. The van der Waals surface area contributed by atoms with E-state index in [2.05, 4.69) is 9.47 Å². The van der Waals surface area contributed by atoms with Gasteiger partial charge in [-0.1, -0.05) is 0 Å². The quantitative estimate of drug-likeness (QED) is 0.854. The molecule has 100 valence electrons. The largest absolute Gasteiger partial charge is 0.573 e. The molecule has 0 heterocycles. The van der Waals surface area contributed by atoms with E-state index in [0.717, 1.165) is 6.07 Å². The van der Waals surface area contributed by atoms with E-state index < -0.39 is 35.9 Å². The van der Waals surface area contributed by atoms with E-state index in [0.29, 0.717) is 12.1 Å². The Labute approximate surface area is 97.1 Å². The lowest BCUT2D eigenvalue weighted by Crippen LogP contribution is -2.21. The molecule has 0 radical (unpaired) electrons. The first kappa shape index (κ1) is 14.0. The summed E-state index contributed by atoms with van der Waals surface area (Å²) in [5, 5.41) is 0. The van der Waals surface area contributed by atoms with E-state index in [4.69, 9.17) is 5.73 Å². The highest BCUT2D eigenvalue weighted by Crippen LogP contribution is 2.29. The Morgan fingerprint density at radius 3 is 2.33 bits per heavy atom. The molecule has 9 heteroatoms. The monoisotopic (exact) mass is 271 g/mol. The van der Waals surface area contributed by atoms with Crippen LogP contribution in [0.3, 0.4) is 0 Å². The van der Waals surface area contributed by atoms with Crippen molar-refractivity contribution in [2.75, 3.05) is 0 Å². The first-order valence-electron chi connectivity index (χ1n) is 4.33. The predicted molar refractivity (Wildman–Crippen MR) is 48.3 cm³/mol. The number of alkyl halides is 5. The van der Waals surface area contributed by atoms with Gasteiger partial charge in [0, 0.05) is 0 Å². The summed E-state index contributed by atoms with van der Waals surface area (Å²) in [6.07, 6.45) is -5.03. The van der Waals surface area contributed by atoms with Gasteiger partial charge in [0.25, 0.3) is 5.91 Å². The second kappa shape index (κ2) is 5.07. The maximum absolute atomic E-state index is 12.0. The number of hydrogen-bond acceptors (Lipinski definition) is 3. The molecule has 0 atom stereocenters. The van der Waals surface area contributed by atoms with Gasteiger partial charge in [0.2, 0.25) is 0 Å². The number of hydrogen-bond donors (Lipinski definition) is 1. The van der Waals surface area contributed by atoms with Crippen LogP contribution in [-0.4, -0.2) is 18.9 Å². The van der Waals surface area contributed by atoms with Gasteiger partial charge in [0.05, 0.1) is 5.56 Å². The van der Waals surface area contributed by atoms with Crippen molar-refractivity contribution in [3.63, 3.8) is 0 Å². The standard InChI is InChI=1S/C9H6F5NO3/c10-8(11)17-4-1-2-6(18-9(12,13)14)5(3-4)7(15)16/h1-3,8H,(H2,15,16). The van der Waals surface area contributed by atoms with E-state index in [1.165, 1.54) is 0 Å². The fraction of sp³-hybridized carbons (Fsp3) is 0.222. The maximum Gasteiger partial charge on any atom is 0.573 e. The lowest BCUT2D eigenvalue weighted by Gasteiger charge is -2.13. The molecule has 2 N–H and O–H groups in total. The molecule has 0 aliphatic heterocycles. The van der Waals surface area contributed by atoms with Crippen LogP contribution in [0, 0.1) is 0 Å². The second-order valence-electron chi connectivity index (χ2n) is 2.95. The number of carbonyl (C=O) groups excluding carboxylic acids is 1. The van der Waals surface area contributed by atoms with Crippen LogP contribution in [0.25, 0.3) is 0 Å². The molecule has 0 aromatic heterocycles. The lowest BCUT2D eigenvalue weighted by molar-refractivity contribution is -0.274. The molecule has 0 aliphatic carbocycles. The van der Waals surface area contributed by atoms with Gasteiger partial charge >= 0.3 is 13.0 Å². The molecule has 0 aliphatic rings. The van der Waals surface area contributed by atoms with Crippen molar-refractivity contribution in [2.45, 2.75) is 13.0 Å². The van der Waals surface area contributed by atoms with Crippen molar-refractivity contribution in [3.05, 3.63) is 23.8 Å². The molecule has 0 saturated heterocycles. The van der Waals surface area contributed by atoms with Crippen molar-refractivity contribution < 1.29 is 36.2 Å². The number of amides is 1. The van der Waals surface area contributed by atoms with E-state index in [9.17, 15) is 26.7 Å². The minimum absolute atomic E-state index is 0.506. The van der Waals surface area contributed by atoms with E-state index in [-0.39, 0.29) is 0 Å². The number of ether oxygens (including phenoxy) is 2. The molecule has 0 fully saturated rings. The minimum Gasteiger partial charge on any atom is -0.435 e. The number of nitrogens with two attached hydrogens (primary N) is 1. The molecule has 0 unspecified atom stereocenters. The average molecular weight is 271 g/mol. The maximum atomic E-state index is 12.0. The van der Waals surface area contributed by atoms with Crippen molar-refractivity contribution >= 4 is 5.91 Å². The first-order chi connectivity index (χ1) is 8.19. The van der Waals surface area contributed by atoms with Gasteiger partial charge in [-0.25, -0.2) is 0 Å². The summed E-state index contributed by atoms with van der Waals surface area (Å²) in [7, 11) is 0. The third kappa shape index (κ3) is 4.07. The van der Waals surface area contributed by atoms with E-state index in [1.54, 1.807) is 0 Å². The van der Waals surface area contributed by atoms with Gasteiger partial charge in [-0.2, -0.15) is 8.78 Å². The van der Waals surface area contributed by atoms with Gasteiger partial charge in [-0.15, -0.1) is 13.2 Å². The molecule has 4 nitrogen and oxygen atoms in total. The Hall–Kier alpha value is -2.06. The van der Waals surface area contributed by atoms with Crippen LogP contribution in [0.15, 0.2) is 18.2 Å². The third-order valence-corrected chi connectivity index (χ3v) is 1.67. The summed E-state index contributed by atoms with van der Waals surface area (Å²) in [5.41, 5.74) is 4.09. The molecule has 0 bridgehead atoms. The predicted octanol–water partition coefficient (Wildman–Crippen LogP) is 2.29. The van der Waals surface area contributed by atoms with Gasteiger partial charge < -0.3 is 15.2 Å². The van der Waals surface area contributed by atoms with Gasteiger partial charge in [-0.05, 0) is 18.2 Å². The summed E-state index contributed by atoms with van der Waals surface area (Å²) in [6.45, 7) is -3.18. The number of rotatable bonds is 4. The normalized spacial score (nSPS) is 11.4. The zero-order valence-corrected chi connectivity index (χ0v) is 8.50. The topological polar surface area (TPSA) is 61.6 Å². The summed E-state index contributed by atoms with van der Waals surface area (Å²) in [6, 6.07) is 2.08. The van der Waals surface area contributed by atoms with Crippen molar-refractivity contribution in [2.24, 2.45) is 5.73 Å². The summed E-state index contributed by atoms with van der Waals surface area (Å²) in [4.78, 5) is 10.9. The summed E-state index contributed by atoms with van der Waals surface area (Å²) >= 11 is 0. The Morgan fingerprint density at radius 1 is 1.28 bits per heavy atom. The number of carbonyl (C=O) groups is 1. The highest BCUT2D eigenvalue weighted by Gasteiger charge is 2.32. The number of primary amides is 1. The highest BCUT2D eigenvalue weighted by molar-refractivity contribution is 5.96. The molecule has 1 aromatic rings. The second-order valence-corrected chi connectivity index (χ2v) is 2.95. The van der Waals surface area contributed by atoms with E-state index >= 15 is 0 Å². The van der Waals surface area contributed by atoms with Crippen molar-refractivity contribution in [1.29, 1.82) is 0 Å². The Morgan fingerprint density at radius 2 is 1.89 bits per heavy atom. The van der Waals surface area contributed by atoms with Crippen LogP contribution in [0.5, 0.6) is 11.5 Å². The Kier molecular flexibility index (Phi) is 3.94. The van der Waals surface area contributed by atoms with Crippen LogP contribution in [-0.2, 0) is 0 Å². The number of halogens is 5. The molecule has 0 spiro atoms. The summed E-state index contributed by atoms with van der Waals surface area (Å²) < 4.78 is 67.1. The minimum atomic E-state index is -5.03. The molecular weight excluding hydrogens is 265 g/mol. The fourth-order valence-electron chi connectivity index (χ4n) is 1.09. The van der Waals surface area contributed by atoms with Crippen LogP contribution < -0.4 is 15.2 Å². The van der Waals surface area contributed by atoms with Crippen LogP contribution in [0.2, 0.25) is 0 Å². The van der Waals surface area contributed by atoms with E-state index in [1.807, 2.05) is 0 Å². The van der Waals surface area contributed by atoms with Crippen LogP contribution in [0.1, 0.15) is 10.4 Å². The smallest absolute Gasteiger partial charge is 0.435 e. The SMILES string of the molecule is NC(=O)c1cc(OC(F)F)ccc1OC(F)(F)F. The van der Waals surface area contributed by atoms with Crippen molar-refractivity contribution in [1.82, 2.24) is 0 Å². The third-order valence-electron chi connectivity index (χ3n) is 1.67. The van der Waals surface area contributed by atoms with Crippen LogP contribution in [0.4, 0.5) is 22.0 Å².